The summed E-state index contributed by atoms with van der Waals surface area (Å²) in [5, 5.41) is 9.82. The highest BCUT2D eigenvalue weighted by Crippen LogP contribution is 2.43. The van der Waals surface area contributed by atoms with Crippen LogP contribution in [0.3, 0.4) is 0 Å². The van der Waals surface area contributed by atoms with Crippen molar-refractivity contribution >= 4 is 25.7 Å². The molecule has 0 rings (SSSR count). The van der Waals surface area contributed by atoms with E-state index in [2.05, 4.69) is 118 Å². The van der Waals surface area contributed by atoms with Crippen LogP contribution >= 0.6 is 7.82 Å². The van der Waals surface area contributed by atoms with Crippen LogP contribution in [0.4, 0.5) is 0 Å². The predicted octanol–water partition coefficient (Wildman–Crippen LogP) is 18.0. The minimum absolute atomic E-state index is 0.110. The highest BCUT2D eigenvalue weighted by Gasteiger charge is 2.28. The first-order chi connectivity index (χ1) is 37.2. The molecule has 0 fully saturated rings. The summed E-state index contributed by atoms with van der Waals surface area (Å²) in [6.07, 6.45) is 67.9. The molecule has 0 aliphatic carbocycles. The van der Waals surface area contributed by atoms with Crippen LogP contribution in [0.2, 0.25) is 0 Å². The summed E-state index contributed by atoms with van der Waals surface area (Å²) in [7, 11) is -4.77. The van der Waals surface area contributed by atoms with Gasteiger partial charge in [-0.1, -0.05) is 208 Å². The third-order valence-corrected chi connectivity index (χ3v) is 13.4. The van der Waals surface area contributed by atoms with Crippen LogP contribution in [-0.4, -0.2) is 66.5 Å². The molecule has 12 heteroatoms. The fourth-order valence-electron chi connectivity index (χ4n) is 7.88. The minimum Gasteiger partial charge on any atom is -0.462 e. The van der Waals surface area contributed by atoms with Crippen molar-refractivity contribution in [1.29, 1.82) is 0 Å². The summed E-state index contributed by atoms with van der Waals surface area (Å²) in [5.41, 5.74) is 0. The maximum absolute atomic E-state index is 12.9. The van der Waals surface area contributed by atoms with Crippen molar-refractivity contribution < 1.29 is 52.2 Å². The molecule has 0 spiro atoms. The molecule has 0 aliphatic heterocycles. The number of phosphoric acid groups is 1. The van der Waals surface area contributed by atoms with Crippen molar-refractivity contribution in [2.75, 3.05) is 26.4 Å². The van der Waals surface area contributed by atoms with Gasteiger partial charge in [-0.05, 0) is 122 Å². The molecule has 3 unspecified atom stereocenters. The molecule has 0 bridgehead atoms. The molecule has 0 saturated carbocycles. The van der Waals surface area contributed by atoms with Crippen molar-refractivity contribution in [2.24, 2.45) is 0 Å². The minimum atomic E-state index is -4.77. The number of allylic oxidation sites excluding steroid dienone is 16. The number of ether oxygens (including phenoxy) is 3. The van der Waals surface area contributed by atoms with Gasteiger partial charge in [0.2, 0.25) is 0 Å². The van der Waals surface area contributed by atoms with Crippen LogP contribution in [-0.2, 0) is 42.2 Å². The standard InChI is InChI=1S/C64H109O11P/c1-4-7-10-13-16-19-22-25-28-29-30-31-34-35-38-41-44-47-50-53-62(66)71-57-61(75-64(68)55-52-49-46-43-40-37-33-27-24-21-18-15-12-9-6-3)59-73-76(69,70)72-58-60(56-65)74-63(67)54-51-48-45-42-39-36-32-26-23-20-17-14-11-8-5-2/h9,12,16-21,25-28,32-33,40,43,60-61,65H,4-8,10-11,13-15,22-24,29-31,34-39,41-42,44-59H2,1-3H3,(H,69,70)/b12-9-,19-16-,20-17-,21-18-,28-25-,32-26-,33-27-,43-40-. The van der Waals surface area contributed by atoms with E-state index < -0.39 is 57.8 Å². The third kappa shape index (κ3) is 55.2. The third-order valence-electron chi connectivity index (χ3n) is 12.5. The van der Waals surface area contributed by atoms with Gasteiger partial charge in [0, 0.05) is 19.3 Å². The second-order valence-corrected chi connectivity index (χ2v) is 21.2. The first-order valence-electron chi connectivity index (χ1n) is 30.1. The van der Waals surface area contributed by atoms with Crippen molar-refractivity contribution in [3.05, 3.63) is 97.2 Å². The Kier molecular flexibility index (Phi) is 54.8. The number of unbranched alkanes of at least 4 members (excludes halogenated alkanes) is 22. The molecule has 0 amide bonds. The lowest BCUT2D eigenvalue weighted by Crippen LogP contribution is -2.30. The summed E-state index contributed by atoms with van der Waals surface area (Å²) >= 11 is 0. The van der Waals surface area contributed by atoms with Crippen LogP contribution in [0.15, 0.2) is 97.2 Å². The maximum Gasteiger partial charge on any atom is 0.472 e. The summed E-state index contributed by atoms with van der Waals surface area (Å²) in [4.78, 5) is 48.6. The molecule has 0 aromatic rings. The number of hydrogen-bond donors (Lipinski definition) is 2. The molecule has 0 radical (unpaired) electrons. The first-order valence-corrected chi connectivity index (χ1v) is 31.6. The number of aliphatic hydroxyl groups is 1. The van der Waals surface area contributed by atoms with Crippen LogP contribution in [0, 0.1) is 0 Å². The lowest BCUT2D eigenvalue weighted by molar-refractivity contribution is -0.161. The van der Waals surface area contributed by atoms with E-state index in [9.17, 15) is 28.9 Å². The topological polar surface area (TPSA) is 155 Å². The number of phosphoric ester groups is 1. The van der Waals surface area contributed by atoms with Gasteiger partial charge >= 0.3 is 25.7 Å². The molecular formula is C64H109O11P. The predicted molar refractivity (Wildman–Crippen MR) is 316 cm³/mol. The summed E-state index contributed by atoms with van der Waals surface area (Å²) in [6, 6.07) is 0. The van der Waals surface area contributed by atoms with Gasteiger partial charge < -0.3 is 24.2 Å². The molecule has 3 atom stereocenters. The number of aliphatic hydroxyl groups excluding tert-OH is 1. The zero-order valence-electron chi connectivity index (χ0n) is 48.2. The van der Waals surface area contributed by atoms with E-state index in [1.165, 1.54) is 77.0 Å². The number of hydrogen-bond acceptors (Lipinski definition) is 10. The molecule has 76 heavy (non-hydrogen) atoms. The number of rotatable bonds is 55. The molecule has 0 aromatic heterocycles. The lowest BCUT2D eigenvalue weighted by atomic mass is 10.1. The van der Waals surface area contributed by atoms with Gasteiger partial charge in [0.1, 0.15) is 12.7 Å². The SMILES string of the molecule is CC/C=C\C/C=C\C/C=C\C/C=C\CCCCC(=O)OC(COC(=O)CCCCCCCCCCC/C=C\C/C=C\CCCCC)COP(=O)(O)OCC(CO)OC(=O)CCCCCCC/C=C\C/C=C\CCCCC. The number of esters is 3. The van der Waals surface area contributed by atoms with E-state index in [1.807, 2.05) is 0 Å². The van der Waals surface area contributed by atoms with Crippen LogP contribution in [0.25, 0.3) is 0 Å². The highest BCUT2D eigenvalue weighted by molar-refractivity contribution is 7.47. The normalized spacial score (nSPS) is 14.0. The van der Waals surface area contributed by atoms with Gasteiger partial charge in [-0.3, -0.25) is 23.4 Å². The lowest BCUT2D eigenvalue weighted by Gasteiger charge is -2.21. The Balaban J connectivity index is 4.77. The van der Waals surface area contributed by atoms with Gasteiger partial charge in [0.15, 0.2) is 6.10 Å². The van der Waals surface area contributed by atoms with E-state index in [1.54, 1.807) is 0 Å². The second kappa shape index (κ2) is 57.6. The first kappa shape index (κ1) is 72.4. The van der Waals surface area contributed by atoms with E-state index in [0.717, 1.165) is 116 Å². The van der Waals surface area contributed by atoms with Crippen molar-refractivity contribution in [3.63, 3.8) is 0 Å². The van der Waals surface area contributed by atoms with Crippen LogP contribution in [0.5, 0.6) is 0 Å². The summed E-state index contributed by atoms with van der Waals surface area (Å²) in [5.74, 6) is -1.54. The van der Waals surface area contributed by atoms with Crippen molar-refractivity contribution in [3.8, 4) is 0 Å². The van der Waals surface area contributed by atoms with Crippen molar-refractivity contribution in [2.45, 2.75) is 264 Å². The Morgan fingerprint density at radius 1 is 0.382 bits per heavy atom. The molecule has 0 aliphatic rings. The molecule has 0 saturated heterocycles. The smallest absolute Gasteiger partial charge is 0.462 e. The second-order valence-electron chi connectivity index (χ2n) is 19.8. The molecule has 0 heterocycles. The Bertz CT molecular complexity index is 1640. The largest absolute Gasteiger partial charge is 0.472 e. The van der Waals surface area contributed by atoms with E-state index in [0.29, 0.717) is 19.3 Å². The van der Waals surface area contributed by atoms with Gasteiger partial charge in [0.25, 0.3) is 0 Å². The van der Waals surface area contributed by atoms with E-state index in [4.69, 9.17) is 23.3 Å². The monoisotopic (exact) mass is 1080 g/mol. The van der Waals surface area contributed by atoms with Gasteiger partial charge in [0.05, 0.1) is 19.8 Å². The number of carbonyl (C=O) groups is 3. The van der Waals surface area contributed by atoms with E-state index in [-0.39, 0.29) is 25.9 Å². The summed E-state index contributed by atoms with van der Waals surface area (Å²) < 4.78 is 39.5. The fourth-order valence-corrected chi connectivity index (χ4v) is 8.66. The van der Waals surface area contributed by atoms with Gasteiger partial charge in [-0.2, -0.15) is 0 Å². The average molecular weight is 1090 g/mol. The van der Waals surface area contributed by atoms with Crippen LogP contribution in [0.1, 0.15) is 252 Å². The quantitative estimate of drug-likeness (QED) is 0.0197. The Labute approximate surface area is 463 Å². The molecular weight excluding hydrogens is 976 g/mol. The highest BCUT2D eigenvalue weighted by atomic mass is 31.2. The Hall–Kier alpha value is -3.60. The van der Waals surface area contributed by atoms with Crippen LogP contribution < -0.4 is 0 Å². The van der Waals surface area contributed by atoms with Gasteiger partial charge in [-0.15, -0.1) is 0 Å². The molecule has 11 nitrogen and oxygen atoms in total. The Morgan fingerprint density at radius 2 is 0.684 bits per heavy atom. The Morgan fingerprint density at radius 3 is 1.08 bits per heavy atom. The number of carbonyl (C=O) groups excluding carboxylic acids is 3. The molecule has 0 aromatic carbocycles. The maximum atomic E-state index is 12.9. The zero-order valence-corrected chi connectivity index (χ0v) is 49.1. The molecule has 436 valence electrons. The van der Waals surface area contributed by atoms with Gasteiger partial charge in [-0.25, -0.2) is 4.57 Å². The van der Waals surface area contributed by atoms with Crippen molar-refractivity contribution in [1.82, 2.24) is 0 Å². The zero-order chi connectivity index (χ0) is 55.5. The summed E-state index contributed by atoms with van der Waals surface area (Å²) in [6.45, 7) is 4.42. The fraction of sp³-hybridized carbons (Fsp3) is 0.703. The van der Waals surface area contributed by atoms with E-state index >= 15 is 0 Å². The molecule has 2 N–H and O–H groups in total. The average Bonchev–Trinajstić information content (AvgIpc) is 3.41.